The van der Waals surface area contributed by atoms with E-state index >= 15 is 0 Å². The average molecular weight is 1330 g/mol. The molecule has 9 rings (SSSR count). The quantitative estimate of drug-likeness (QED) is 0.0333. The van der Waals surface area contributed by atoms with Gasteiger partial charge in [0.1, 0.15) is 21.8 Å². The lowest BCUT2D eigenvalue weighted by Crippen LogP contribution is -2.59. The molecular weight excluding hydrogens is 1260 g/mol. The van der Waals surface area contributed by atoms with Gasteiger partial charge in [-0.15, -0.1) is 0 Å². The van der Waals surface area contributed by atoms with Crippen LogP contribution in [0.5, 0.6) is 0 Å². The molecule has 3 fully saturated rings. The van der Waals surface area contributed by atoms with Gasteiger partial charge in [-0.2, -0.15) is 24.2 Å². The molecule has 3 saturated heterocycles. The van der Waals surface area contributed by atoms with Crippen LogP contribution in [0.4, 0.5) is 11.6 Å². The summed E-state index contributed by atoms with van der Waals surface area (Å²) in [7, 11) is -4.10. The summed E-state index contributed by atoms with van der Waals surface area (Å²) < 4.78 is 95.8. The predicted octanol–water partition coefficient (Wildman–Crippen LogP) is 3.79. The van der Waals surface area contributed by atoms with Crippen molar-refractivity contribution in [2.24, 2.45) is 32.9 Å². The van der Waals surface area contributed by atoms with Gasteiger partial charge < -0.3 is 52.2 Å². The number of esters is 2. The number of aliphatic carboxylic acids is 1. The van der Waals surface area contributed by atoms with Gasteiger partial charge in [-0.05, 0) is 96.1 Å². The summed E-state index contributed by atoms with van der Waals surface area (Å²) in [6.45, 7) is 3.15. The molecule has 0 radical (unpaired) electrons. The predicted molar refractivity (Wildman–Crippen MR) is 327 cm³/mol. The highest BCUT2D eigenvalue weighted by atomic mass is 35.5. The number of carbonyl (C=O) groups excluding carboxylic acids is 2. The number of fused-ring (bicyclic) bond motifs is 3. The Morgan fingerprint density at radius 2 is 0.791 bits per heavy atom. The summed E-state index contributed by atoms with van der Waals surface area (Å²) in [4.78, 5) is 62.5. The number of nitrogens with two attached hydrogens (primary N) is 4. The number of hydrogen-bond donors (Lipinski definition) is 8. The number of nitrogens with zero attached hydrogens (tertiary/aromatic N) is 8. The number of nitrogens with one attached hydrogen (secondary N) is 3. The van der Waals surface area contributed by atoms with Crippen LogP contribution < -0.4 is 37.1 Å². The highest BCUT2D eigenvalue weighted by Crippen LogP contribution is 2.36. The monoisotopic (exact) mass is 1330 g/mol. The third kappa shape index (κ3) is 15.1. The molecular formula is C52H63Cl4N15O12S3. The van der Waals surface area contributed by atoms with Crippen LogP contribution in [0, 0.1) is 0 Å². The smallest absolute Gasteiger partial charge is 0.327 e. The first-order valence-corrected chi connectivity index (χ1v) is 31.9. The van der Waals surface area contributed by atoms with Crippen molar-refractivity contribution >= 4 is 150 Å². The molecule has 3 aliphatic heterocycles. The third-order valence-corrected chi connectivity index (χ3v) is 20.6. The lowest BCUT2D eigenvalue weighted by molar-refractivity contribution is -0.150. The molecule has 3 aromatic heterocycles. The minimum atomic E-state index is -4.16. The number of carboxylic acids is 1. The molecule has 464 valence electrons. The Kier molecular flexibility index (Phi) is 21.0. The molecule has 0 amide bonds. The van der Waals surface area contributed by atoms with E-state index in [1.54, 1.807) is 12.1 Å². The highest BCUT2D eigenvalue weighted by molar-refractivity contribution is 7.90. The number of aliphatic imine (C=N–C) groups is 2. The van der Waals surface area contributed by atoms with E-state index < -0.39 is 64.6 Å². The van der Waals surface area contributed by atoms with Crippen molar-refractivity contribution in [3.63, 3.8) is 0 Å². The van der Waals surface area contributed by atoms with Gasteiger partial charge in [0.15, 0.2) is 23.6 Å². The Labute approximate surface area is 515 Å². The number of sulfonamides is 3. The number of halogens is 4. The van der Waals surface area contributed by atoms with Gasteiger partial charge in [0.2, 0.25) is 30.1 Å². The minimum Gasteiger partial charge on any atom is -0.480 e. The van der Waals surface area contributed by atoms with E-state index in [9.17, 15) is 44.7 Å². The van der Waals surface area contributed by atoms with Gasteiger partial charge in [-0.25, -0.2) is 40.2 Å². The number of benzene rings is 3. The van der Waals surface area contributed by atoms with Crippen molar-refractivity contribution < 1.29 is 54.2 Å². The number of guanidine groups is 2. The number of piperidine rings is 3. The van der Waals surface area contributed by atoms with E-state index in [1.165, 1.54) is 75.3 Å². The number of rotatable bonds is 14. The fourth-order valence-electron chi connectivity index (χ4n) is 9.82. The lowest BCUT2D eigenvalue weighted by atomic mass is 9.89. The molecule has 3 aliphatic rings. The zero-order valence-electron chi connectivity index (χ0n) is 47.0. The van der Waals surface area contributed by atoms with Gasteiger partial charge in [-0.3, -0.25) is 14.4 Å². The molecule has 0 aliphatic carbocycles. The summed E-state index contributed by atoms with van der Waals surface area (Å²) in [5, 5.41) is 13.6. The number of aromatic nitrogens is 3. The summed E-state index contributed by atoms with van der Waals surface area (Å²) in [6, 6.07) is 12.9. The third-order valence-electron chi connectivity index (χ3n) is 14.8. The van der Waals surface area contributed by atoms with Crippen LogP contribution in [0.15, 0.2) is 97.9 Å². The van der Waals surface area contributed by atoms with Crippen LogP contribution >= 0.6 is 46.4 Å². The minimum absolute atomic E-state index is 0.0248. The molecule has 3 aromatic carbocycles. The number of likely N-dealkylation sites (tertiary alicyclic amines) is 3. The summed E-state index contributed by atoms with van der Waals surface area (Å²) in [6.07, 6.45) is 5.65. The van der Waals surface area contributed by atoms with Gasteiger partial charge in [0.05, 0.1) is 44.0 Å². The molecule has 0 spiro atoms. The topological polar surface area (TPSA) is 406 Å². The summed E-state index contributed by atoms with van der Waals surface area (Å²) >= 11 is 24.5. The Morgan fingerprint density at radius 3 is 1.10 bits per heavy atom. The van der Waals surface area contributed by atoms with E-state index in [1.807, 2.05) is 35.8 Å². The highest BCUT2D eigenvalue weighted by Gasteiger charge is 2.48. The number of carboxylic acid groups (broad SMARTS) is 1. The molecule has 6 heterocycles. The maximum absolute atomic E-state index is 13.2. The number of ether oxygens (including phenoxy) is 2. The number of methoxy groups -OCH3 is 2. The largest absolute Gasteiger partial charge is 0.480 e. The van der Waals surface area contributed by atoms with Crippen LogP contribution in [-0.2, 0) is 53.9 Å². The second kappa shape index (κ2) is 26.9. The SMILES string of the molecule is CN1CCC(NS(=O)(=O)c2ccc3c(Cl)cnc(N=C(N)N)c3c2)(C(=O)O)CC1.COC(=O)C1(NS(=O)(=O)c2ccc3c(Cl)cnc(Cl)c3c2)CCN(C)CC1.COC(=O)C1(NS(=O)(=O)c2ccc3c(Cl)cnc(N=C(N)N)c3c2)CCN(C)CC1. The zero-order chi connectivity index (χ0) is 63.3. The van der Waals surface area contributed by atoms with Crippen molar-refractivity contribution in [3.05, 3.63) is 93.4 Å². The van der Waals surface area contributed by atoms with Crippen LogP contribution in [-0.4, -0.2) is 181 Å². The molecule has 27 nitrogen and oxygen atoms in total. The Bertz CT molecular complexity index is 4010. The van der Waals surface area contributed by atoms with Gasteiger partial charge in [-0.1, -0.05) is 64.6 Å². The molecule has 86 heavy (non-hydrogen) atoms. The second-order valence-electron chi connectivity index (χ2n) is 20.7. The van der Waals surface area contributed by atoms with E-state index in [0.29, 0.717) is 99.5 Å². The maximum Gasteiger partial charge on any atom is 0.327 e. The molecule has 0 unspecified atom stereocenters. The summed E-state index contributed by atoms with van der Waals surface area (Å²) in [5.41, 5.74) is 17.5. The zero-order valence-corrected chi connectivity index (χ0v) is 52.4. The fraction of sp³-hybridized carbons (Fsp3) is 0.385. The summed E-state index contributed by atoms with van der Waals surface area (Å²) in [5.74, 6) is -2.66. The van der Waals surface area contributed by atoms with Crippen molar-refractivity contribution in [3.8, 4) is 0 Å². The molecule has 34 heteroatoms. The van der Waals surface area contributed by atoms with Crippen molar-refractivity contribution in [2.45, 2.75) is 69.8 Å². The van der Waals surface area contributed by atoms with Gasteiger partial charge in [0.25, 0.3) is 0 Å². The number of pyridine rings is 3. The Morgan fingerprint density at radius 1 is 0.500 bits per heavy atom. The van der Waals surface area contributed by atoms with Crippen molar-refractivity contribution in [1.82, 2.24) is 43.8 Å². The number of carbonyl (C=O) groups is 3. The first-order chi connectivity index (χ1) is 40.3. The van der Waals surface area contributed by atoms with E-state index in [-0.39, 0.29) is 69.1 Å². The fourth-order valence-corrected chi connectivity index (χ4v) is 15.0. The number of hydrogen-bond acceptors (Lipinski definition) is 19. The van der Waals surface area contributed by atoms with Gasteiger partial charge in [0, 0.05) is 90.2 Å². The molecule has 0 atom stereocenters. The first kappa shape index (κ1) is 67.1. The Hall–Kier alpha value is -6.39. The van der Waals surface area contributed by atoms with Crippen molar-refractivity contribution in [2.75, 3.05) is 74.6 Å². The normalized spacial score (nSPS) is 17.3. The van der Waals surface area contributed by atoms with Gasteiger partial charge >= 0.3 is 17.9 Å². The van der Waals surface area contributed by atoms with E-state index in [4.69, 9.17) is 78.8 Å². The molecule has 0 bridgehead atoms. The maximum atomic E-state index is 13.2. The van der Waals surface area contributed by atoms with Crippen LogP contribution in [0.1, 0.15) is 38.5 Å². The van der Waals surface area contributed by atoms with Crippen molar-refractivity contribution in [1.29, 1.82) is 0 Å². The standard InChI is InChI=1S/C18H23ClN6O4S.C17H19Cl2N3O4S.C17H21ClN6O4S/c1-25-7-5-18(6-8-25,16(26)29-2)24-30(27,28)11-3-4-12-13(9-11)15(23-17(20)21)22-10-14(12)19;1-22-7-5-17(6-8-22,16(23)26-2)21-27(24,25)11-3-4-12-13(9-11)15(19)20-10-14(12)18;1-24-6-4-17(5-7-24,15(25)26)23-29(27,28)10-2-3-11-12(8-10)14(22-16(19)20)21-9-13(11)18/h3-4,9-10,24H,5-8H2,1-2H3,(H4,20,21,22,23);3-4,9-10,21H,5-8H2,1-2H3;2-3,8-9,23H,4-7H2,1H3,(H,25,26)(H4,19,20,21,22). The average Bonchev–Trinajstić information content (AvgIpc) is 1.63. The van der Waals surface area contributed by atoms with E-state index in [2.05, 4.69) is 39.1 Å². The molecule has 6 aromatic rings. The van der Waals surface area contributed by atoms with Crippen LogP contribution in [0.3, 0.4) is 0 Å². The lowest BCUT2D eigenvalue weighted by Gasteiger charge is -2.38. The second-order valence-corrected chi connectivity index (χ2v) is 27.3. The molecule has 12 N–H and O–H groups in total. The Balaban J connectivity index is 0.000000185. The van der Waals surface area contributed by atoms with Crippen LogP contribution in [0.25, 0.3) is 32.3 Å². The first-order valence-electron chi connectivity index (χ1n) is 26.0. The van der Waals surface area contributed by atoms with E-state index in [0.717, 1.165) is 0 Å². The van der Waals surface area contributed by atoms with Crippen LogP contribution in [0.2, 0.25) is 20.2 Å². The molecule has 0 saturated carbocycles.